The van der Waals surface area contributed by atoms with Crippen molar-refractivity contribution >= 4 is 11.6 Å². The Balaban J connectivity index is 1.59. The quantitative estimate of drug-likeness (QED) is 0.474. The van der Waals surface area contributed by atoms with Crippen LogP contribution in [0.4, 0.5) is 0 Å². The molecule has 0 bridgehead atoms. The van der Waals surface area contributed by atoms with Crippen LogP contribution in [0.1, 0.15) is 18.1 Å². The number of aryl methyl sites for hydroxylation is 1. The number of aromatic nitrogens is 4. The van der Waals surface area contributed by atoms with Crippen LogP contribution in [0, 0.1) is 0 Å². The number of para-hydroxylation sites is 1. The van der Waals surface area contributed by atoms with E-state index in [2.05, 4.69) is 10.4 Å². The molecule has 0 aliphatic rings. The van der Waals surface area contributed by atoms with Crippen LogP contribution in [0.3, 0.4) is 0 Å². The van der Waals surface area contributed by atoms with Gasteiger partial charge < -0.3 is 10.4 Å². The normalized spacial score (nSPS) is 13.3. The van der Waals surface area contributed by atoms with Crippen molar-refractivity contribution in [2.45, 2.75) is 19.1 Å². The minimum Gasteiger partial charge on any atom is -0.384 e. The van der Waals surface area contributed by atoms with E-state index in [9.17, 15) is 5.11 Å². The molecule has 2 N–H and O–H groups in total. The maximum Gasteiger partial charge on any atom is 0.102 e. The first kappa shape index (κ1) is 20.3. The van der Waals surface area contributed by atoms with Crippen molar-refractivity contribution in [2.75, 3.05) is 6.54 Å². The molecular weight excluding hydrogens is 398 g/mol. The first-order chi connectivity index (χ1) is 14.4. The fourth-order valence-electron chi connectivity index (χ4n) is 3.37. The third-order valence-electron chi connectivity index (χ3n) is 5.02. The van der Waals surface area contributed by atoms with Crippen molar-refractivity contribution < 1.29 is 5.11 Å². The lowest BCUT2D eigenvalue weighted by atomic mass is 9.99. The lowest BCUT2D eigenvalue weighted by molar-refractivity contribution is 0.0566. The van der Waals surface area contributed by atoms with E-state index in [1.165, 1.54) is 0 Å². The minimum absolute atomic E-state index is 0.379. The predicted molar refractivity (Wildman–Crippen MR) is 118 cm³/mol. The molecule has 30 heavy (non-hydrogen) atoms. The molecule has 0 aliphatic heterocycles. The van der Waals surface area contributed by atoms with E-state index in [4.69, 9.17) is 16.7 Å². The van der Waals surface area contributed by atoms with Crippen LogP contribution in [0.2, 0.25) is 5.02 Å². The summed E-state index contributed by atoms with van der Waals surface area (Å²) in [6, 6.07) is 17.7. The molecule has 154 valence electrons. The van der Waals surface area contributed by atoms with Gasteiger partial charge in [0.25, 0.3) is 0 Å². The zero-order chi connectivity index (χ0) is 21.1. The molecule has 7 heteroatoms. The summed E-state index contributed by atoms with van der Waals surface area (Å²) in [5.41, 5.74) is 3.55. The monoisotopic (exact) mass is 421 g/mol. The van der Waals surface area contributed by atoms with Gasteiger partial charge in [-0.05, 0) is 31.2 Å². The van der Waals surface area contributed by atoms with Gasteiger partial charge in [-0.3, -0.25) is 4.68 Å². The smallest absolute Gasteiger partial charge is 0.102 e. The molecule has 0 fully saturated rings. The van der Waals surface area contributed by atoms with Gasteiger partial charge >= 0.3 is 0 Å². The fourth-order valence-corrected chi connectivity index (χ4v) is 3.56. The molecule has 1 unspecified atom stereocenters. The molecule has 4 aromatic rings. The van der Waals surface area contributed by atoms with Crippen LogP contribution in [0.25, 0.3) is 16.9 Å². The Labute approximate surface area is 180 Å². The molecule has 2 heterocycles. The summed E-state index contributed by atoms with van der Waals surface area (Å²) in [6.07, 6.45) is 5.52. The Morgan fingerprint density at radius 1 is 1.10 bits per heavy atom. The van der Waals surface area contributed by atoms with Gasteiger partial charge in [0.2, 0.25) is 0 Å². The molecule has 0 radical (unpaired) electrons. The standard InChI is InChI=1S/C23H24ClN5O/c1-23(30,19-13-26-28(2)15-19)16-25-12-18-14-29(21-9-4-3-5-10-21)27-22(18)17-7-6-8-20(24)11-17/h3-11,13-15,25,30H,12,16H2,1-2H3. The lowest BCUT2D eigenvalue weighted by Crippen LogP contribution is -2.34. The van der Waals surface area contributed by atoms with Crippen LogP contribution < -0.4 is 5.32 Å². The van der Waals surface area contributed by atoms with E-state index in [0.717, 1.165) is 28.1 Å². The topological polar surface area (TPSA) is 67.9 Å². The van der Waals surface area contributed by atoms with E-state index in [1.54, 1.807) is 17.8 Å². The van der Waals surface area contributed by atoms with Crippen molar-refractivity contribution in [2.24, 2.45) is 7.05 Å². The van der Waals surface area contributed by atoms with Gasteiger partial charge in [0.15, 0.2) is 0 Å². The SMILES string of the molecule is Cn1cc(C(C)(O)CNCc2cn(-c3ccccc3)nc2-c2cccc(Cl)c2)cn1. The van der Waals surface area contributed by atoms with Gasteiger partial charge in [-0.1, -0.05) is 41.9 Å². The molecule has 6 nitrogen and oxygen atoms in total. The molecule has 2 aromatic carbocycles. The second kappa shape index (κ2) is 8.44. The van der Waals surface area contributed by atoms with Gasteiger partial charge in [0.05, 0.1) is 17.6 Å². The van der Waals surface area contributed by atoms with Crippen molar-refractivity contribution in [3.63, 3.8) is 0 Å². The van der Waals surface area contributed by atoms with Crippen molar-refractivity contribution in [1.29, 1.82) is 0 Å². The van der Waals surface area contributed by atoms with E-state index in [-0.39, 0.29) is 0 Å². The summed E-state index contributed by atoms with van der Waals surface area (Å²) in [5, 5.41) is 23.8. The fraction of sp³-hybridized carbons (Fsp3) is 0.217. The van der Waals surface area contributed by atoms with E-state index < -0.39 is 5.60 Å². The Morgan fingerprint density at radius 3 is 2.60 bits per heavy atom. The zero-order valence-electron chi connectivity index (χ0n) is 17.0. The summed E-state index contributed by atoms with van der Waals surface area (Å²) in [6.45, 7) is 2.71. The number of hydrogen-bond acceptors (Lipinski definition) is 4. The maximum absolute atomic E-state index is 10.8. The molecule has 2 aromatic heterocycles. The molecule has 0 amide bonds. The van der Waals surface area contributed by atoms with Gasteiger partial charge in [0.1, 0.15) is 5.60 Å². The molecule has 4 rings (SSSR count). The Hall–Kier alpha value is -2.93. The summed E-state index contributed by atoms with van der Waals surface area (Å²) in [7, 11) is 1.84. The predicted octanol–water partition coefficient (Wildman–Crippen LogP) is 3.92. The summed E-state index contributed by atoms with van der Waals surface area (Å²) in [5.74, 6) is 0. The molecule has 1 atom stereocenters. The number of benzene rings is 2. The summed E-state index contributed by atoms with van der Waals surface area (Å²) in [4.78, 5) is 0. The van der Waals surface area contributed by atoms with Crippen molar-refractivity contribution in [1.82, 2.24) is 24.9 Å². The number of halogens is 1. The number of aliphatic hydroxyl groups is 1. The highest BCUT2D eigenvalue weighted by Crippen LogP contribution is 2.26. The van der Waals surface area contributed by atoms with Gasteiger partial charge in [-0.25, -0.2) is 4.68 Å². The number of rotatable bonds is 7. The highest BCUT2D eigenvalue weighted by atomic mass is 35.5. The molecule has 0 saturated heterocycles. The van der Waals surface area contributed by atoms with Crippen LogP contribution in [0.15, 0.2) is 73.2 Å². The average molecular weight is 422 g/mol. The van der Waals surface area contributed by atoms with Crippen LogP contribution in [-0.2, 0) is 19.2 Å². The Morgan fingerprint density at radius 2 is 1.90 bits per heavy atom. The van der Waals surface area contributed by atoms with Gasteiger partial charge in [0, 0.05) is 54.2 Å². The van der Waals surface area contributed by atoms with Crippen LogP contribution >= 0.6 is 11.6 Å². The second-order valence-electron chi connectivity index (χ2n) is 7.57. The second-order valence-corrected chi connectivity index (χ2v) is 8.01. The number of nitrogens with one attached hydrogen (secondary N) is 1. The molecule has 0 aliphatic carbocycles. The number of nitrogens with zero attached hydrogens (tertiary/aromatic N) is 4. The molecule has 0 spiro atoms. The first-order valence-electron chi connectivity index (χ1n) is 9.74. The number of hydrogen-bond donors (Lipinski definition) is 2. The van der Waals surface area contributed by atoms with Crippen molar-refractivity contribution in [3.8, 4) is 16.9 Å². The summed E-state index contributed by atoms with van der Waals surface area (Å²) >= 11 is 6.21. The Bertz CT molecular complexity index is 1130. The largest absolute Gasteiger partial charge is 0.384 e. The lowest BCUT2D eigenvalue weighted by Gasteiger charge is -2.22. The van der Waals surface area contributed by atoms with E-state index >= 15 is 0 Å². The third kappa shape index (κ3) is 4.46. The zero-order valence-corrected chi connectivity index (χ0v) is 17.7. The van der Waals surface area contributed by atoms with E-state index in [1.807, 2.05) is 78.7 Å². The molecular formula is C23H24ClN5O. The van der Waals surface area contributed by atoms with Crippen LogP contribution in [0.5, 0.6) is 0 Å². The van der Waals surface area contributed by atoms with Crippen LogP contribution in [-0.4, -0.2) is 31.2 Å². The third-order valence-corrected chi connectivity index (χ3v) is 5.26. The highest BCUT2D eigenvalue weighted by Gasteiger charge is 2.24. The highest BCUT2D eigenvalue weighted by molar-refractivity contribution is 6.30. The van der Waals surface area contributed by atoms with Gasteiger partial charge in [-0.2, -0.15) is 10.2 Å². The van der Waals surface area contributed by atoms with Crippen molar-refractivity contribution in [3.05, 3.63) is 89.3 Å². The maximum atomic E-state index is 10.8. The average Bonchev–Trinajstić information content (AvgIpc) is 3.36. The Kier molecular flexibility index (Phi) is 5.72. The molecule has 0 saturated carbocycles. The summed E-state index contributed by atoms with van der Waals surface area (Å²) < 4.78 is 3.55. The first-order valence-corrected chi connectivity index (χ1v) is 10.1. The minimum atomic E-state index is -1.03. The van der Waals surface area contributed by atoms with Gasteiger partial charge in [-0.15, -0.1) is 0 Å². The van der Waals surface area contributed by atoms with E-state index in [0.29, 0.717) is 18.1 Å².